The van der Waals surface area contributed by atoms with Crippen molar-refractivity contribution in [3.05, 3.63) is 12.2 Å². The van der Waals surface area contributed by atoms with Gasteiger partial charge in [-0.1, -0.05) is 25.0 Å². The quantitative estimate of drug-likeness (QED) is 0.299. The summed E-state index contributed by atoms with van der Waals surface area (Å²) >= 11 is 0. The summed E-state index contributed by atoms with van der Waals surface area (Å²) in [6.07, 6.45) is 4.68. The first kappa shape index (κ1) is 29.1. The zero-order valence-electron chi connectivity index (χ0n) is 22.5. The molecule has 1 unspecified atom stereocenters. The van der Waals surface area contributed by atoms with Crippen LogP contribution in [0.5, 0.6) is 0 Å². The minimum atomic E-state index is -1.19. The van der Waals surface area contributed by atoms with Gasteiger partial charge in [-0.15, -0.1) is 0 Å². The number of rotatable bonds is 4. The average molecular weight is 498 g/mol. The summed E-state index contributed by atoms with van der Waals surface area (Å²) in [6, 6.07) is -1.19. The Bertz CT molecular complexity index is 738. The maximum Gasteiger partial charge on any atom is 0.420 e. The van der Waals surface area contributed by atoms with Gasteiger partial charge in [-0.3, -0.25) is 0 Å². The molecule has 0 N–H and O–H groups in total. The number of nitrogens with zero attached hydrogens (tertiary/aromatic N) is 1. The van der Waals surface area contributed by atoms with Crippen LogP contribution in [0.25, 0.3) is 0 Å². The van der Waals surface area contributed by atoms with Gasteiger partial charge in [0, 0.05) is 7.11 Å². The third-order valence-electron chi connectivity index (χ3n) is 5.71. The predicted molar refractivity (Wildman–Crippen MR) is 130 cm³/mol. The van der Waals surface area contributed by atoms with Crippen molar-refractivity contribution in [2.24, 2.45) is 0 Å². The van der Waals surface area contributed by atoms with Crippen molar-refractivity contribution < 1.29 is 38.1 Å². The highest BCUT2D eigenvalue weighted by Crippen LogP contribution is 2.27. The first-order chi connectivity index (χ1) is 16.2. The van der Waals surface area contributed by atoms with Gasteiger partial charge >= 0.3 is 18.2 Å². The van der Waals surface area contributed by atoms with Gasteiger partial charge in [0.15, 0.2) is 0 Å². The molecule has 1 fully saturated rings. The third-order valence-corrected chi connectivity index (χ3v) is 5.71. The number of carbonyl (C=O) groups is 3. The number of amides is 2. The molecule has 9 nitrogen and oxygen atoms in total. The smallest absolute Gasteiger partial charge is 0.420 e. The summed E-state index contributed by atoms with van der Waals surface area (Å²) in [7, 11) is 1.63. The number of hydrogen-bond donors (Lipinski definition) is 0. The van der Waals surface area contributed by atoms with Crippen LogP contribution in [0, 0.1) is 0 Å². The Hall–Kier alpha value is -2.13. The number of allylic oxidation sites excluding steroid dienone is 1. The Morgan fingerprint density at radius 1 is 0.971 bits per heavy atom. The molecule has 2 rings (SSSR count). The fourth-order valence-corrected chi connectivity index (χ4v) is 4.15. The number of cyclic esters (lactones) is 1. The second kappa shape index (κ2) is 12.2. The monoisotopic (exact) mass is 497 g/mol. The van der Waals surface area contributed by atoms with Crippen LogP contribution in [0.1, 0.15) is 87.0 Å². The molecular weight excluding hydrogens is 454 g/mol. The van der Waals surface area contributed by atoms with E-state index in [1.54, 1.807) is 55.6 Å². The van der Waals surface area contributed by atoms with Crippen molar-refractivity contribution in [1.82, 2.24) is 4.90 Å². The molecule has 0 spiro atoms. The molecule has 0 radical (unpaired) electrons. The molecule has 200 valence electrons. The molecule has 5 atom stereocenters. The second-order valence-corrected chi connectivity index (χ2v) is 11.2. The first-order valence-corrected chi connectivity index (χ1v) is 12.5. The van der Waals surface area contributed by atoms with E-state index in [1.165, 1.54) is 0 Å². The summed E-state index contributed by atoms with van der Waals surface area (Å²) in [5, 5.41) is 0. The van der Waals surface area contributed by atoms with Gasteiger partial charge in [0.25, 0.3) is 0 Å². The maximum absolute atomic E-state index is 13.4. The van der Waals surface area contributed by atoms with E-state index in [0.717, 1.165) is 17.7 Å². The van der Waals surface area contributed by atoms with Crippen LogP contribution in [0.2, 0.25) is 0 Å². The molecule has 2 amide bonds. The fourth-order valence-electron chi connectivity index (χ4n) is 4.15. The van der Waals surface area contributed by atoms with Crippen molar-refractivity contribution in [3.8, 4) is 0 Å². The Morgan fingerprint density at radius 2 is 1.54 bits per heavy atom. The molecule has 1 aliphatic carbocycles. The van der Waals surface area contributed by atoms with Crippen molar-refractivity contribution >= 4 is 18.2 Å². The van der Waals surface area contributed by atoms with E-state index in [4.69, 9.17) is 23.7 Å². The van der Waals surface area contributed by atoms with Crippen LogP contribution >= 0.6 is 0 Å². The van der Waals surface area contributed by atoms with Gasteiger partial charge in [0.2, 0.25) is 0 Å². The second-order valence-electron chi connectivity index (χ2n) is 11.2. The van der Waals surface area contributed by atoms with E-state index < -0.39 is 47.6 Å². The van der Waals surface area contributed by atoms with E-state index in [2.05, 4.69) is 6.08 Å². The van der Waals surface area contributed by atoms with Crippen LogP contribution in [-0.2, 0) is 28.5 Å². The van der Waals surface area contributed by atoms with Crippen molar-refractivity contribution in [2.75, 3.05) is 7.11 Å². The number of methoxy groups -OCH3 is 1. The lowest BCUT2D eigenvalue weighted by Crippen LogP contribution is -2.54. The zero-order valence-corrected chi connectivity index (χ0v) is 22.5. The molecule has 1 heterocycles. The largest absolute Gasteiger partial charge is 0.458 e. The van der Waals surface area contributed by atoms with E-state index in [0.29, 0.717) is 19.3 Å². The molecule has 0 aromatic rings. The number of imide groups is 1. The average Bonchev–Trinajstić information content (AvgIpc) is 3.21. The van der Waals surface area contributed by atoms with Crippen LogP contribution in [0.15, 0.2) is 12.2 Å². The minimum absolute atomic E-state index is 0.0717. The van der Waals surface area contributed by atoms with E-state index in [-0.39, 0.29) is 18.6 Å². The number of carbonyl (C=O) groups excluding carboxylic acids is 3. The molecule has 1 aliphatic heterocycles. The van der Waals surface area contributed by atoms with Crippen molar-refractivity contribution in [2.45, 2.75) is 129 Å². The molecule has 0 saturated carbocycles. The minimum Gasteiger partial charge on any atom is -0.458 e. The molecular formula is C26H43NO8. The highest BCUT2D eigenvalue weighted by molar-refractivity contribution is 5.94. The van der Waals surface area contributed by atoms with Crippen molar-refractivity contribution in [1.29, 1.82) is 0 Å². The lowest BCUT2D eigenvalue weighted by Gasteiger charge is -2.36. The fraction of sp³-hybridized carbons (Fsp3) is 0.808. The standard InChI is InChI=1S/C26H43NO8/c1-17-21(33-18-13-9-10-14-18)20(31-8)16-12-11-15-19(22(28)32-17)27(23(29)34-25(2,3)4)24(30)35-26(5,6)7/h9,13,17-21H,10-12,14-16H2,1-8H3/t17-,18?,19-,20-,21-/m0/s1. The number of ether oxygens (including phenoxy) is 5. The SMILES string of the molecule is CO[C@H]1CCCC[C@H](N(C(=O)OC(C)(C)C)C(=O)OC(C)(C)C)C(=O)O[C@@H](C)[C@@H]1OC1C=CCC1. The van der Waals surface area contributed by atoms with Gasteiger partial charge in [-0.2, -0.15) is 4.90 Å². The van der Waals surface area contributed by atoms with Gasteiger partial charge in [-0.05, 0) is 74.1 Å². The Kier molecular flexibility index (Phi) is 10.2. The highest BCUT2D eigenvalue weighted by Gasteiger charge is 2.43. The Labute approximate surface area is 209 Å². The maximum atomic E-state index is 13.4. The van der Waals surface area contributed by atoms with Crippen LogP contribution in [0.4, 0.5) is 9.59 Å². The highest BCUT2D eigenvalue weighted by atomic mass is 16.6. The van der Waals surface area contributed by atoms with Gasteiger partial charge in [-0.25, -0.2) is 14.4 Å². The zero-order chi connectivity index (χ0) is 26.4. The molecule has 9 heteroatoms. The van der Waals surface area contributed by atoms with E-state index in [1.807, 2.05) is 6.08 Å². The molecule has 0 bridgehead atoms. The third kappa shape index (κ3) is 9.11. The number of hydrogen-bond acceptors (Lipinski definition) is 8. The summed E-state index contributed by atoms with van der Waals surface area (Å²) < 4.78 is 28.7. The molecule has 1 saturated heterocycles. The summed E-state index contributed by atoms with van der Waals surface area (Å²) in [5.41, 5.74) is -1.74. The molecule has 0 aromatic carbocycles. The van der Waals surface area contributed by atoms with Crippen LogP contribution in [0.3, 0.4) is 0 Å². The van der Waals surface area contributed by atoms with Gasteiger partial charge in [0.1, 0.15) is 29.5 Å². The molecule has 2 aliphatic rings. The topological polar surface area (TPSA) is 101 Å². The van der Waals surface area contributed by atoms with E-state index >= 15 is 0 Å². The van der Waals surface area contributed by atoms with Crippen LogP contribution in [-0.4, -0.2) is 71.8 Å². The van der Waals surface area contributed by atoms with E-state index in [9.17, 15) is 14.4 Å². The molecule has 35 heavy (non-hydrogen) atoms. The first-order valence-electron chi connectivity index (χ1n) is 12.5. The lowest BCUT2D eigenvalue weighted by molar-refractivity contribution is -0.176. The van der Waals surface area contributed by atoms with Crippen molar-refractivity contribution in [3.63, 3.8) is 0 Å². The predicted octanol–water partition coefficient (Wildman–Crippen LogP) is 5.15. The summed E-state index contributed by atoms with van der Waals surface area (Å²) in [5.74, 6) is -0.707. The van der Waals surface area contributed by atoms with Gasteiger partial charge < -0.3 is 23.7 Å². The van der Waals surface area contributed by atoms with Gasteiger partial charge in [0.05, 0.1) is 12.2 Å². The van der Waals surface area contributed by atoms with Crippen LogP contribution < -0.4 is 0 Å². The Balaban J connectivity index is 2.32. The Morgan fingerprint density at radius 3 is 2.03 bits per heavy atom. The lowest BCUT2D eigenvalue weighted by atomic mass is 9.98. The normalized spacial score (nSPS) is 28.2. The molecule has 0 aromatic heterocycles. The number of esters is 1. The summed E-state index contributed by atoms with van der Waals surface area (Å²) in [4.78, 5) is 40.4. The summed E-state index contributed by atoms with van der Waals surface area (Å²) in [6.45, 7) is 11.9.